The molecule has 16 heavy (non-hydrogen) atoms. The fourth-order valence-corrected chi connectivity index (χ4v) is 2.90. The fourth-order valence-electron chi connectivity index (χ4n) is 1.56. The number of aliphatic imine (C=N–C) groups is 1. The highest BCUT2D eigenvalue weighted by atomic mass is 32.2. The lowest BCUT2D eigenvalue weighted by Crippen LogP contribution is -2.46. The summed E-state index contributed by atoms with van der Waals surface area (Å²) in [5.74, 6) is 1.15. The monoisotopic (exact) mass is 238 g/mol. The molecule has 1 saturated heterocycles. The maximum absolute atomic E-state index is 4.56. The van der Waals surface area contributed by atoms with Crippen LogP contribution in [0.3, 0.4) is 0 Å². The van der Waals surface area contributed by atoms with Crippen LogP contribution in [-0.2, 0) is 6.54 Å². The molecule has 0 aromatic carbocycles. The van der Waals surface area contributed by atoms with Crippen LogP contribution in [0.4, 0.5) is 0 Å². The first kappa shape index (κ1) is 11.5. The molecule has 0 unspecified atom stereocenters. The van der Waals surface area contributed by atoms with Gasteiger partial charge in [-0.25, -0.2) is 0 Å². The Morgan fingerprint density at radius 2 is 2.50 bits per heavy atom. The van der Waals surface area contributed by atoms with Gasteiger partial charge in [-0.1, -0.05) is 11.8 Å². The van der Waals surface area contributed by atoms with Crippen molar-refractivity contribution < 1.29 is 0 Å². The normalized spacial score (nSPS) is 22.0. The molecular formula is C11H18N4S. The van der Waals surface area contributed by atoms with Crippen LogP contribution in [0.15, 0.2) is 23.5 Å². The van der Waals surface area contributed by atoms with E-state index in [4.69, 9.17) is 0 Å². The molecule has 0 bridgehead atoms. The molecule has 1 aliphatic heterocycles. The molecule has 4 nitrogen and oxygen atoms in total. The molecule has 5 heteroatoms. The summed E-state index contributed by atoms with van der Waals surface area (Å²) in [5.41, 5.74) is 0.190. The van der Waals surface area contributed by atoms with Gasteiger partial charge < -0.3 is 5.32 Å². The second-order valence-electron chi connectivity index (χ2n) is 4.56. The Hall–Kier alpha value is -0.970. The number of rotatable bonds is 3. The first-order valence-electron chi connectivity index (χ1n) is 5.59. The molecule has 2 rings (SSSR count). The van der Waals surface area contributed by atoms with Crippen LogP contribution in [-0.4, -0.2) is 32.8 Å². The Morgan fingerprint density at radius 1 is 1.62 bits per heavy atom. The first-order valence-corrected chi connectivity index (χ1v) is 6.57. The van der Waals surface area contributed by atoms with Crippen molar-refractivity contribution in [1.29, 1.82) is 0 Å². The van der Waals surface area contributed by atoms with Crippen molar-refractivity contribution in [2.45, 2.75) is 32.4 Å². The zero-order chi connectivity index (χ0) is 11.4. The molecule has 1 aromatic heterocycles. The summed E-state index contributed by atoms with van der Waals surface area (Å²) in [6.45, 7) is 6.07. The van der Waals surface area contributed by atoms with Gasteiger partial charge in [-0.15, -0.1) is 0 Å². The van der Waals surface area contributed by atoms with Gasteiger partial charge in [0.05, 0.1) is 13.1 Å². The molecule has 1 aliphatic rings. The SMILES string of the molecule is CC1(C)CCSC(=NCCn2cccn2)N1. The number of amidine groups is 1. The minimum atomic E-state index is 0.190. The lowest BCUT2D eigenvalue weighted by molar-refractivity contribution is 0.446. The highest BCUT2D eigenvalue weighted by Gasteiger charge is 2.23. The van der Waals surface area contributed by atoms with Crippen LogP contribution in [0.25, 0.3) is 0 Å². The minimum Gasteiger partial charge on any atom is -0.360 e. The van der Waals surface area contributed by atoms with Crippen molar-refractivity contribution in [2.75, 3.05) is 12.3 Å². The van der Waals surface area contributed by atoms with Crippen LogP contribution >= 0.6 is 11.8 Å². The van der Waals surface area contributed by atoms with Crippen LogP contribution in [0.2, 0.25) is 0 Å². The van der Waals surface area contributed by atoms with E-state index in [1.54, 1.807) is 6.20 Å². The van der Waals surface area contributed by atoms with Gasteiger partial charge in [0.25, 0.3) is 0 Å². The van der Waals surface area contributed by atoms with Crippen LogP contribution in [0.5, 0.6) is 0 Å². The van der Waals surface area contributed by atoms with E-state index in [0.717, 1.165) is 24.0 Å². The van der Waals surface area contributed by atoms with Crippen molar-refractivity contribution in [1.82, 2.24) is 15.1 Å². The lowest BCUT2D eigenvalue weighted by atomic mass is 10.0. The van der Waals surface area contributed by atoms with Crippen molar-refractivity contribution in [3.8, 4) is 0 Å². The number of nitrogens with zero attached hydrogens (tertiary/aromatic N) is 3. The predicted octanol–water partition coefficient (Wildman–Crippen LogP) is 1.74. The van der Waals surface area contributed by atoms with Gasteiger partial charge in [0.15, 0.2) is 5.17 Å². The molecule has 0 atom stereocenters. The second kappa shape index (κ2) is 4.91. The van der Waals surface area contributed by atoms with Crippen molar-refractivity contribution in [3.63, 3.8) is 0 Å². The molecule has 2 heterocycles. The fraction of sp³-hybridized carbons (Fsp3) is 0.636. The summed E-state index contributed by atoms with van der Waals surface area (Å²) in [6, 6.07) is 1.93. The van der Waals surface area contributed by atoms with E-state index in [9.17, 15) is 0 Å². The van der Waals surface area contributed by atoms with E-state index >= 15 is 0 Å². The molecule has 0 aliphatic carbocycles. The van der Waals surface area contributed by atoms with Gasteiger partial charge >= 0.3 is 0 Å². The molecule has 0 amide bonds. The maximum atomic E-state index is 4.56. The molecular weight excluding hydrogens is 220 g/mol. The number of aromatic nitrogens is 2. The zero-order valence-electron chi connectivity index (χ0n) is 9.81. The highest BCUT2D eigenvalue weighted by molar-refractivity contribution is 8.13. The molecule has 1 aromatic rings. The standard InChI is InChI=1S/C11H18N4S/c1-11(2)4-9-16-10(14-11)12-6-8-15-7-3-5-13-15/h3,5,7H,4,6,8-9H2,1-2H3,(H,12,14). The van der Waals surface area contributed by atoms with Gasteiger partial charge in [0.1, 0.15) is 0 Å². The van der Waals surface area contributed by atoms with E-state index in [0.29, 0.717) is 0 Å². The average molecular weight is 238 g/mol. The third kappa shape index (κ3) is 3.27. The van der Waals surface area contributed by atoms with Gasteiger partial charge in [-0.2, -0.15) is 5.10 Å². The van der Waals surface area contributed by atoms with Crippen molar-refractivity contribution in [3.05, 3.63) is 18.5 Å². The molecule has 1 N–H and O–H groups in total. The summed E-state index contributed by atoms with van der Waals surface area (Å²) in [4.78, 5) is 4.56. The summed E-state index contributed by atoms with van der Waals surface area (Å²) in [5, 5.41) is 8.68. The zero-order valence-corrected chi connectivity index (χ0v) is 10.6. The number of thioether (sulfide) groups is 1. The third-order valence-electron chi connectivity index (χ3n) is 2.55. The Bertz CT molecular complexity index is 356. The van der Waals surface area contributed by atoms with Crippen molar-refractivity contribution in [2.24, 2.45) is 4.99 Å². The van der Waals surface area contributed by atoms with E-state index in [-0.39, 0.29) is 5.54 Å². The van der Waals surface area contributed by atoms with E-state index in [1.807, 2.05) is 28.7 Å². The van der Waals surface area contributed by atoms with Crippen LogP contribution < -0.4 is 5.32 Å². The predicted molar refractivity (Wildman–Crippen MR) is 68.8 cm³/mol. The van der Waals surface area contributed by atoms with Crippen molar-refractivity contribution >= 4 is 16.9 Å². The third-order valence-corrected chi connectivity index (χ3v) is 3.47. The van der Waals surface area contributed by atoms with Gasteiger partial charge in [0.2, 0.25) is 0 Å². The first-order chi connectivity index (χ1) is 7.66. The van der Waals surface area contributed by atoms with Gasteiger partial charge in [-0.3, -0.25) is 9.67 Å². The largest absolute Gasteiger partial charge is 0.360 e. The molecule has 1 fully saturated rings. The Balaban J connectivity index is 1.83. The summed E-state index contributed by atoms with van der Waals surface area (Å²) >= 11 is 1.81. The van der Waals surface area contributed by atoms with E-state index in [1.165, 1.54) is 6.42 Å². The molecule has 0 spiro atoms. The molecule has 0 radical (unpaired) electrons. The van der Waals surface area contributed by atoms with Gasteiger partial charge in [-0.05, 0) is 26.3 Å². The molecule has 0 saturated carbocycles. The maximum Gasteiger partial charge on any atom is 0.157 e. The summed E-state index contributed by atoms with van der Waals surface area (Å²) < 4.78 is 1.91. The molecule has 88 valence electrons. The quantitative estimate of drug-likeness (QED) is 0.872. The average Bonchev–Trinajstić information content (AvgIpc) is 2.69. The van der Waals surface area contributed by atoms with E-state index in [2.05, 4.69) is 29.3 Å². The Labute approximate surface area is 101 Å². The summed E-state index contributed by atoms with van der Waals surface area (Å²) in [7, 11) is 0. The number of nitrogens with one attached hydrogen (secondary N) is 1. The Morgan fingerprint density at radius 3 is 3.19 bits per heavy atom. The Kier molecular flexibility index (Phi) is 3.53. The number of hydrogen-bond acceptors (Lipinski definition) is 3. The van der Waals surface area contributed by atoms with Gasteiger partial charge in [0, 0.05) is 23.7 Å². The topological polar surface area (TPSA) is 42.2 Å². The van der Waals surface area contributed by atoms with E-state index < -0.39 is 0 Å². The van der Waals surface area contributed by atoms with Crippen LogP contribution in [0, 0.1) is 0 Å². The van der Waals surface area contributed by atoms with Crippen LogP contribution in [0.1, 0.15) is 20.3 Å². The minimum absolute atomic E-state index is 0.190. The second-order valence-corrected chi connectivity index (χ2v) is 5.65. The summed E-state index contributed by atoms with van der Waals surface area (Å²) in [6.07, 6.45) is 4.95. The highest BCUT2D eigenvalue weighted by Crippen LogP contribution is 2.21. The lowest BCUT2D eigenvalue weighted by Gasteiger charge is -2.32. The number of hydrogen-bond donors (Lipinski definition) is 1. The smallest absolute Gasteiger partial charge is 0.157 e.